The number of hydrogen-bond donors (Lipinski definition) is 2. The quantitative estimate of drug-likeness (QED) is 0.574. The summed E-state index contributed by atoms with van der Waals surface area (Å²) in [6, 6.07) is 0. The van der Waals surface area contributed by atoms with Gasteiger partial charge in [0.1, 0.15) is 0 Å². The van der Waals surface area contributed by atoms with Gasteiger partial charge in [-0.2, -0.15) is 9.59 Å². The first kappa shape index (κ1) is 15.8. The third-order valence-electron chi connectivity index (χ3n) is 1.76. The van der Waals surface area contributed by atoms with Gasteiger partial charge in [0.2, 0.25) is 0 Å². The van der Waals surface area contributed by atoms with E-state index in [1.165, 1.54) is 45.2 Å². The van der Waals surface area contributed by atoms with Gasteiger partial charge in [0.05, 0.1) is 0 Å². The van der Waals surface area contributed by atoms with E-state index >= 15 is 0 Å². The number of hydrogen-bond acceptors (Lipinski definition) is 4. The number of nitrogens with one attached hydrogen (secondary N) is 1. The highest BCUT2D eigenvalue weighted by atomic mass is 16.2. The highest BCUT2D eigenvalue weighted by molar-refractivity contribution is 5.20. The zero-order valence-electron chi connectivity index (χ0n) is 9.05. The van der Waals surface area contributed by atoms with Gasteiger partial charge in [0.25, 0.3) is 0 Å². The highest BCUT2D eigenvalue weighted by Crippen LogP contribution is 1.91. The van der Waals surface area contributed by atoms with Crippen molar-refractivity contribution in [3.63, 3.8) is 0 Å². The number of nitrogens with two attached hydrogens (primary N) is 1. The molecule has 0 aliphatic carbocycles. The van der Waals surface area contributed by atoms with Crippen molar-refractivity contribution in [3.05, 3.63) is 0 Å². The molecule has 84 valence electrons. The van der Waals surface area contributed by atoms with Crippen LogP contribution in [-0.2, 0) is 9.59 Å². The SMILES string of the molecule is CCCCNCCCCCN.O=C=O. The fourth-order valence-electron chi connectivity index (χ4n) is 0.998. The van der Waals surface area contributed by atoms with Crippen molar-refractivity contribution in [2.24, 2.45) is 5.73 Å². The third kappa shape index (κ3) is 22.5. The first-order valence-corrected chi connectivity index (χ1v) is 5.23. The second kappa shape index (κ2) is 18.2. The molecule has 0 aliphatic rings. The van der Waals surface area contributed by atoms with Crippen molar-refractivity contribution >= 4 is 6.15 Å². The van der Waals surface area contributed by atoms with Gasteiger partial charge in [-0.3, -0.25) is 0 Å². The fraction of sp³-hybridized carbons (Fsp3) is 0.900. The van der Waals surface area contributed by atoms with Gasteiger partial charge in [0.15, 0.2) is 0 Å². The standard InChI is InChI=1S/C9H22N2.CO2/c1-2-3-8-11-9-6-4-5-7-10;2-1-3/h11H,2-10H2,1H3;. The molecule has 3 N–H and O–H groups in total. The molecule has 4 heteroatoms. The van der Waals surface area contributed by atoms with Gasteiger partial charge in [0, 0.05) is 0 Å². The normalized spacial score (nSPS) is 8.71. The Bertz CT molecular complexity index is 115. The van der Waals surface area contributed by atoms with Crippen molar-refractivity contribution in [1.82, 2.24) is 5.32 Å². The zero-order valence-corrected chi connectivity index (χ0v) is 9.05. The van der Waals surface area contributed by atoms with Crippen LogP contribution >= 0.6 is 0 Å². The van der Waals surface area contributed by atoms with E-state index in [2.05, 4.69) is 12.2 Å². The minimum atomic E-state index is 0.250. The minimum absolute atomic E-state index is 0.250. The van der Waals surface area contributed by atoms with Crippen molar-refractivity contribution in [2.75, 3.05) is 19.6 Å². The molecule has 0 saturated carbocycles. The molecule has 0 fully saturated rings. The molecule has 4 nitrogen and oxygen atoms in total. The smallest absolute Gasteiger partial charge is 0.330 e. The first-order chi connectivity index (χ1) is 6.83. The molecule has 0 aromatic heterocycles. The lowest BCUT2D eigenvalue weighted by Gasteiger charge is -2.02. The molecule has 0 spiro atoms. The van der Waals surface area contributed by atoms with E-state index in [-0.39, 0.29) is 6.15 Å². The van der Waals surface area contributed by atoms with Crippen molar-refractivity contribution in [1.29, 1.82) is 0 Å². The van der Waals surface area contributed by atoms with E-state index in [0.29, 0.717) is 0 Å². The molecule has 0 atom stereocenters. The highest BCUT2D eigenvalue weighted by Gasteiger charge is 1.87. The maximum absolute atomic E-state index is 8.12. The Balaban J connectivity index is 0. The Morgan fingerprint density at radius 2 is 1.64 bits per heavy atom. The van der Waals surface area contributed by atoms with E-state index in [0.717, 1.165) is 6.54 Å². The second-order valence-corrected chi connectivity index (χ2v) is 3.04. The predicted molar refractivity (Wildman–Crippen MR) is 55.7 cm³/mol. The summed E-state index contributed by atoms with van der Waals surface area (Å²) in [6.07, 6.45) is 6.57. The Morgan fingerprint density at radius 1 is 1.07 bits per heavy atom. The van der Waals surface area contributed by atoms with Gasteiger partial charge in [-0.15, -0.1) is 0 Å². The van der Waals surface area contributed by atoms with E-state index < -0.39 is 0 Å². The minimum Gasteiger partial charge on any atom is -0.330 e. The largest absolute Gasteiger partial charge is 0.373 e. The lowest BCUT2D eigenvalue weighted by Crippen LogP contribution is -2.16. The third-order valence-corrected chi connectivity index (χ3v) is 1.76. The zero-order chi connectivity index (χ0) is 11.1. The molecule has 0 unspecified atom stereocenters. The molecule has 0 aliphatic heterocycles. The van der Waals surface area contributed by atoms with Crippen LogP contribution in [0.3, 0.4) is 0 Å². The molecule has 0 radical (unpaired) electrons. The summed E-state index contributed by atoms with van der Waals surface area (Å²) < 4.78 is 0. The van der Waals surface area contributed by atoms with Crippen LogP contribution in [0.2, 0.25) is 0 Å². The van der Waals surface area contributed by atoms with Gasteiger partial charge in [-0.05, 0) is 38.9 Å². The molecule has 0 amide bonds. The topological polar surface area (TPSA) is 72.2 Å². The number of carbonyl (C=O) groups excluding carboxylic acids is 2. The summed E-state index contributed by atoms with van der Waals surface area (Å²) in [5, 5.41) is 3.40. The summed E-state index contributed by atoms with van der Waals surface area (Å²) in [5.74, 6) is 0. The number of unbranched alkanes of at least 4 members (excludes halogenated alkanes) is 3. The predicted octanol–water partition coefficient (Wildman–Crippen LogP) is 0.922. The van der Waals surface area contributed by atoms with E-state index in [9.17, 15) is 0 Å². The van der Waals surface area contributed by atoms with Crippen LogP contribution < -0.4 is 11.1 Å². The van der Waals surface area contributed by atoms with E-state index in [4.69, 9.17) is 15.3 Å². The molecule has 0 aromatic carbocycles. The van der Waals surface area contributed by atoms with Crippen LogP contribution in [0.5, 0.6) is 0 Å². The lowest BCUT2D eigenvalue weighted by atomic mass is 10.2. The molecular weight excluding hydrogens is 180 g/mol. The summed E-state index contributed by atoms with van der Waals surface area (Å²) in [4.78, 5) is 16.2. The summed E-state index contributed by atoms with van der Waals surface area (Å²) >= 11 is 0. The average Bonchev–Trinajstić information content (AvgIpc) is 2.18. The Morgan fingerprint density at radius 3 is 2.14 bits per heavy atom. The van der Waals surface area contributed by atoms with E-state index in [1.807, 2.05) is 0 Å². The molecule has 0 bridgehead atoms. The van der Waals surface area contributed by atoms with Crippen LogP contribution in [0.1, 0.15) is 39.0 Å². The Labute approximate surface area is 86.2 Å². The van der Waals surface area contributed by atoms with Crippen molar-refractivity contribution < 1.29 is 9.59 Å². The summed E-state index contributed by atoms with van der Waals surface area (Å²) in [5.41, 5.74) is 5.37. The monoisotopic (exact) mass is 202 g/mol. The Kier molecular flexibility index (Phi) is 20.4. The van der Waals surface area contributed by atoms with E-state index in [1.54, 1.807) is 0 Å². The second-order valence-electron chi connectivity index (χ2n) is 3.04. The molecule has 14 heavy (non-hydrogen) atoms. The van der Waals surface area contributed by atoms with Crippen molar-refractivity contribution in [3.8, 4) is 0 Å². The van der Waals surface area contributed by atoms with Gasteiger partial charge in [-0.25, -0.2) is 0 Å². The lowest BCUT2D eigenvalue weighted by molar-refractivity contribution is -0.191. The molecular formula is C10H22N2O2. The maximum atomic E-state index is 8.12. The Hall–Kier alpha value is -0.700. The average molecular weight is 202 g/mol. The van der Waals surface area contributed by atoms with Crippen LogP contribution in [0, 0.1) is 0 Å². The van der Waals surface area contributed by atoms with Gasteiger partial charge in [-0.1, -0.05) is 19.8 Å². The molecule has 0 heterocycles. The fourth-order valence-corrected chi connectivity index (χ4v) is 0.998. The first-order valence-electron chi connectivity index (χ1n) is 5.23. The molecule has 0 rings (SSSR count). The van der Waals surface area contributed by atoms with Gasteiger partial charge < -0.3 is 11.1 Å². The van der Waals surface area contributed by atoms with Crippen LogP contribution in [0.15, 0.2) is 0 Å². The van der Waals surface area contributed by atoms with Gasteiger partial charge >= 0.3 is 6.15 Å². The van der Waals surface area contributed by atoms with Crippen LogP contribution in [0.4, 0.5) is 0 Å². The molecule has 0 aromatic rings. The van der Waals surface area contributed by atoms with Crippen molar-refractivity contribution in [2.45, 2.75) is 39.0 Å². The summed E-state index contributed by atoms with van der Waals surface area (Å²) in [7, 11) is 0. The van der Waals surface area contributed by atoms with Crippen LogP contribution in [-0.4, -0.2) is 25.8 Å². The summed E-state index contributed by atoms with van der Waals surface area (Å²) in [6.45, 7) is 5.41. The van der Waals surface area contributed by atoms with Crippen LogP contribution in [0.25, 0.3) is 0 Å². The number of rotatable bonds is 8. The molecule has 0 saturated heterocycles. The maximum Gasteiger partial charge on any atom is 0.373 e.